The molecule has 4 aliphatic rings. The summed E-state index contributed by atoms with van der Waals surface area (Å²) >= 11 is 6.46. The number of hydrogen-bond donors (Lipinski definition) is 1. The molecule has 1 aromatic carbocycles. The summed E-state index contributed by atoms with van der Waals surface area (Å²) in [6, 6.07) is 4.14. The number of carbonyl (C=O) groups is 3. The Morgan fingerprint density at radius 2 is 1.81 bits per heavy atom. The van der Waals surface area contributed by atoms with Crippen LogP contribution in [0.15, 0.2) is 24.3 Å². The van der Waals surface area contributed by atoms with Crippen LogP contribution in [0.25, 0.3) is 5.57 Å². The molecular formula is C31H33ClF3N3O5. The molecule has 2 fully saturated rings. The number of hydrogen-bond acceptors (Lipinski definition) is 5. The fraction of sp³-hybridized carbons (Fsp3) is 0.548. The molecule has 1 amide bonds. The van der Waals surface area contributed by atoms with E-state index in [9.17, 15) is 32.7 Å². The molecule has 6 rings (SSSR count). The van der Waals surface area contributed by atoms with E-state index in [2.05, 4.69) is 5.10 Å². The monoisotopic (exact) mass is 619 g/mol. The van der Waals surface area contributed by atoms with E-state index in [-0.39, 0.29) is 41.3 Å². The smallest absolute Gasteiger partial charge is 0.398 e. The number of amides is 1. The summed E-state index contributed by atoms with van der Waals surface area (Å²) in [6.45, 7) is 2.84. The van der Waals surface area contributed by atoms with Gasteiger partial charge in [-0.1, -0.05) is 29.8 Å². The number of rotatable bonds is 6. The highest BCUT2D eigenvalue weighted by molar-refractivity contribution is 6.34. The van der Waals surface area contributed by atoms with Crippen LogP contribution < -0.4 is 0 Å². The van der Waals surface area contributed by atoms with E-state index in [1.165, 1.54) is 18.2 Å². The Hall–Kier alpha value is -3.18. The number of aromatic nitrogens is 2. The number of alkyl halides is 3. The minimum Gasteiger partial charge on any atom is -0.481 e. The van der Waals surface area contributed by atoms with Gasteiger partial charge >= 0.3 is 12.1 Å². The molecule has 0 spiro atoms. The summed E-state index contributed by atoms with van der Waals surface area (Å²) in [5, 5.41) is 14.0. The van der Waals surface area contributed by atoms with E-state index in [4.69, 9.17) is 16.3 Å². The normalized spacial score (nSPS) is 24.0. The number of benzene rings is 1. The van der Waals surface area contributed by atoms with Gasteiger partial charge in [0.2, 0.25) is 5.91 Å². The second kappa shape index (κ2) is 10.5. The van der Waals surface area contributed by atoms with Crippen LogP contribution in [0.5, 0.6) is 0 Å². The zero-order valence-corrected chi connectivity index (χ0v) is 24.7. The summed E-state index contributed by atoms with van der Waals surface area (Å²) in [5.41, 5.74) is -0.327. The van der Waals surface area contributed by atoms with Crippen LogP contribution >= 0.6 is 11.6 Å². The van der Waals surface area contributed by atoms with Gasteiger partial charge in [0.25, 0.3) is 5.91 Å². The summed E-state index contributed by atoms with van der Waals surface area (Å²) in [5.74, 6) is -2.64. The fourth-order valence-electron chi connectivity index (χ4n) is 6.90. The predicted molar refractivity (Wildman–Crippen MR) is 151 cm³/mol. The molecule has 12 heteroatoms. The SMILES string of the molecule is COC1(C)CN(C(=O)C2CCc3c(C4=CCC(C(=O)O)CC4)nn(C(=O)c4c(Cl)cccc4C4(C(F)(F)F)CC4)c3C2)C1. The van der Waals surface area contributed by atoms with Gasteiger partial charge in [0, 0.05) is 25.0 Å². The molecular weight excluding hydrogens is 587 g/mol. The van der Waals surface area contributed by atoms with E-state index < -0.39 is 40.9 Å². The number of carboxylic acid groups (broad SMARTS) is 1. The number of halogens is 4. The maximum Gasteiger partial charge on any atom is 0.398 e. The van der Waals surface area contributed by atoms with Crippen molar-refractivity contribution in [2.24, 2.45) is 11.8 Å². The molecule has 1 saturated heterocycles. The molecule has 1 aliphatic heterocycles. The Bertz CT molecular complexity index is 1540. The third-order valence-corrected chi connectivity index (χ3v) is 10.1. The summed E-state index contributed by atoms with van der Waals surface area (Å²) < 4.78 is 49.3. The van der Waals surface area contributed by atoms with Gasteiger partial charge in [-0.05, 0) is 69.1 Å². The molecule has 2 atom stereocenters. The van der Waals surface area contributed by atoms with Crippen LogP contribution in [0.2, 0.25) is 5.02 Å². The molecule has 1 N–H and O–H groups in total. The lowest BCUT2D eigenvalue weighted by atomic mass is 9.81. The van der Waals surface area contributed by atoms with Crippen molar-refractivity contribution in [3.63, 3.8) is 0 Å². The zero-order chi connectivity index (χ0) is 30.9. The minimum atomic E-state index is -4.56. The topological polar surface area (TPSA) is 102 Å². The highest BCUT2D eigenvalue weighted by Crippen LogP contribution is 2.60. The lowest BCUT2D eigenvalue weighted by Crippen LogP contribution is -2.64. The summed E-state index contributed by atoms with van der Waals surface area (Å²) in [7, 11) is 1.60. The number of aliphatic carboxylic acids is 1. The molecule has 2 aromatic rings. The Balaban J connectivity index is 1.40. The van der Waals surface area contributed by atoms with Gasteiger partial charge in [0.1, 0.15) is 0 Å². The van der Waals surface area contributed by atoms with Crippen molar-refractivity contribution in [1.29, 1.82) is 0 Å². The molecule has 2 heterocycles. The van der Waals surface area contributed by atoms with Crippen LogP contribution in [0.3, 0.4) is 0 Å². The minimum absolute atomic E-state index is 0.0597. The first-order valence-corrected chi connectivity index (χ1v) is 14.9. The summed E-state index contributed by atoms with van der Waals surface area (Å²) in [6.07, 6.45) is -0.660. The van der Waals surface area contributed by atoms with Crippen molar-refractivity contribution >= 4 is 35.0 Å². The van der Waals surface area contributed by atoms with Gasteiger partial charge in [0.05, 0.1) is 52.0 Å². The standard InChI is InChI=1S/C31H33ClF3N3O5/c1-29(43-2)15-37(16-29)26(39)19-10-11-20-23(14-19)38(36-25(20)17-6-8-18(9-7-17)28(41)42)27(40)24-21(4-3-5-22(24)32)30(12-13-30)31(33,34)35/h3-6,18-19H,7-16H2,1-2H3,(H,41,42). The molecule has 3 aliphatic carbocycles. The van der Waals surface area contributed by atoms with E-state index in [0.29, 0.717) is 56.6 Å². The average Bonchev–Trinajstić information content (AvgIpc) is 3.70. The highest BCUT2D eigenvalue weighted by atomic mass is 35.5. The molecule has 0 radical (unpaired) electrons. The van der Waals surface area contributed by atoms with Gasteiger partial charge in [0.15, 0.2) is 0 Å². The molecule has 8 nitrogen and oxygen atoms in total. The number of allylic oxidation sites excluding steroid dienone is 2. The largest absolute Gasteiger partial charge is 0.481 e. The van der Waals surface area contributed by atoms with E-state index in [1.54, 1.807) is 12.0 Å². The second-order valence-corrected chi connectivity index (χ2v) is 13.0. The number of likely N-dealkylation sites (tertiary alicyclic amines) is 1. The van der Waals surface area contributed by atoms with Gasteiger partial charge in [-0.15, -0.1) is 0 Å². The van der Waals surface area contributed by atoms with Gasteiger partial charge in [-0.3, -0.25) is 14.4 Å². The number of ether oxygens (including phenoxy) is 1. The Kier molecular flexibility index (Phi) is 7.27. The third kappa shape index (κ3) is 4.98. The molecule has 0 bridgehead atoms. The number of carboxylic acids is 1. The first kappa shape index (κ1) is 29.9. The van der Waals surface area contributed by atoms with E-state index in [0.717, 1.165) is 15.8 Å². The number of nitrogens with zero attached hydrogens (tertiary/aromatic N) is 3. The lowest BCUT2D eigenvalue weighted by molar-refractivity contribution is -0.162. The van der Waals surface area contributed by atoms with Crippen LogP contribution in [-0.4, -0.2) is 69.5 Å². The van der Waals surface area contributed by atoms with Crippen LogP contribution in [0.1, 0.15) is 78.3 Å². The van der Waals surface area contributed by atoms with Crippen LogP contribution in [0, 0.1) is 11.8 Å². The Labute approximate surface area is 251 Å². The first-order chi connectivity index (χ1) is 20.3. The number of fused-ring (bicyclic) bond motifs is 1. The maximum atomic E-state index is 14.2. The maximum absolute atomic E-state index is 14.2. The van der Waals surface area contributed by atoms with Crippen LogP contribution in [-0.2, 0) is 32.6 Å². The quantitative estimate of drug-likeness (QED) is 0.462. The second-order valence-electron chi connectivity index (χ2n) is 12.6. The first-order valence-electron chi connectivity index (χ1n) is 14.6. The van der Waals surface area contributed by atoms with Gasteiger partial charge in [-0.2, -0.15) is 23.0 Å². The van der Waals surface area contributed by atoms with Crippen molar-refractivity contribution in [1.82, 2.24) is 14.7 Å². The van der Waals surface area contributed by atoms with Crippen LogP contribution in [0.4, 0.5) is 13.2 Å². The fourth-order valence-corrected chi connectivity index (χ4v) is 7.16. The molecule has 230 valence electrons. The van der Waals surface area contributed by atoms with E-state index >= 15 is 0 Å². The molecule has 1 aromatic heterocycles. The third-order valence-electron chi connectivity index (χ3n) is 9.77. The van der Waals surface area contributed by atoms with Crippen molar-refractivity contribution in [3.8, 4) is 0 Å². The number of methoxy groups -OCH3 is 1. The van der Waals surface area contributed by atoms with Gasteiger partial charge in [-0.25, -0.2) is 0 Å². The summed E-state index contributed by atoms with van der Waals surface area (Å²) in [4.78, 5) is 40.9. The number of carbonyl (C=O) groups excluding carboxylic acids is 2. The molecule has 43 heavy (non-hydrogen) atoms. The Morgan fingerprint density at radius 3 is 2.40 bits per heavy atom. The van der Waals surface area contributed by atoms with E-state index in [1.807, 2.05) is 13.0 Å². The highest BCUT2D eigenvalue weighted by Gasteiger charge is 2.65. The zero-order valence-electron chi connectivity index (χ0n) is 24.0. The van der Waals surface area contributed by atoms with Crippen molar-refractivity contribution in [2.45, 2.75) is 75.5 Å². The van der Waals surface area contributed by atoms with Crippen molar-refractivity contribution < 1.29 is 37.4 Å². The molecule has 2 unspecified atom stereocenters. The molecule has 1 saturated carbocycles. The average molecular weight is 620 g/mol. The Morgan fingerprint density at radius 1 is 1.12 bits per heavy atom. The van der Waals surface area contributed by atoms with Crippen molar-refractivity contribution in [3.05, 3.63) is 57.4 Å². The predicted octanol–water partition coefficient (Wildman–Crippen LogP) is 5.44. The van der Waals surface area contributed by atoms with Gasteiger partial charge < -0.3 is 14.7 Å². The lowest BCUT2D eigenvalue weighted by Gasteiger charge is -2.48. The van der Waals surface area contributed by atoms with Crippen molar-refractivity contribution in [2.75, 3.05) is 20.2 Å².